The minimum Gasteiger partial charge on any atom is -0.411 e. The van der Waals surface area contributed by atoms with Gasteiger partial charge >= 0.3 is 0 Å². The van der Waals surface area contributed by atoms with Gasteiger partial charge in [0.05, 0.1) is 5.75 Å². The van der Waals surface area contributed by atoms with Crippen LogP contribution in [0.25, 0.3) is 22.2 Å². The number of hydrogen-bond acceptors (Lipinski definition) is 7. The van der Waals surface area contributed by atoms with Crippen LogP contribution in [0.15, 0.2) is 76.4 Å². The van der Waals surface area contributed by atoms with Gasteiger partial charge in [0.25, 0.3) is 5.22 Å². The maximum atomic E-state index is 12.4. The fourth-order valence-corrected chi connectivity index (χ4v) is 4.63. The van der Waals surface area contributed by atoms with E-state index in [0.29, 0.717) is 11.1 Å². The predicted molar refractivity (Wildman–Crippen MR) is 138 cm³/mol. The van der Waals surface area contributed by atoms with E-state index < -0.39 is 0 Å². The first kappa shape index (κ1) is 22.9. The molecule has 1 fully saturated rings. The van der Waals surface area contributed by atoms with Crippen LogP contribution < -0.4 is 10.2 Å². The zero-order chi connectivity index (χ0) is 24.2. The van der Waals surface area contributed by atoms with Gasteiger partial charge in [-0.2, -0.15) is 0 Å². The Kier molecular flexibility index (Phi) is 6.67. The van der Waals surface area contributed by atoms with E-state index >= 15 is 0 Å². The van der Waals surface area contributed by atoms with E-state index in [2.05, 4.69) is 26.5 Å². The fourth-order valence-electron chi connectivity index (χ4n) is 4.07. The Labute approximate surface area is 207 Å². The van der Waals surface area contributed by atoms with E-state index in [1.165, 1.54) is 11.8 Å². The van der Waals surface area contributed by atoms with Crippen molar-refractivity contribution in [3.63, 3.8) is 0 Å². The zero-order valence-corrected chi connectivity index (χ0v) is 20.1. The molecule has 1 saturated heterocycles. The largest absolute Gasteiger partial charge is 0.411 e. The van der Waals surface area contributed by atoms with Crippen molar-refractivity contribution in [2.75, 3.05) is 42.1 Å². The number of aromatic nitrogens is 2. The Morgan fingerprint density at radius 1 is 0.943 bits per heavy atom. The average molecular weight is 488 g/mol. The van der Waals surface area contributed by atoms with Crippen molar-refractivity contribution in [3.05, 3.63) is 66.7 Å². The minimum atomic E-state index is -0.150. The highest BCUT2D eigenvalue weighted by molar-refractivity contribution is 7.99. The molecular formula is C26H25N5O3S. The Balaban J connectivity index is 1.13. The van der Waals surface area contributed by atoms with Gasteiger partial charge in [0.15, 0.2) is 0 Å². The number of benzene rings is 3. The number of carbonyl (C=O) groups is 2. The number of thioether (sulfide) groups is 1. The molecule has 1 N–H and O–H groups in total. The Hall–Kier alpha value is -3.85. The van der Waals surface area contributed by atoms with Gasteiger partial charge in [-0.1, -0.05) is 42.1 Å². The predicted octanol–water partition coefficient (Wildman–Crippen LogP) is 4.29. The third-order valence-corrected chi connectivity index (χ3v) is 6.79. The first-order valence-electron chi connectivity index (χ1n) is 11.4. The monoisotopic (exact) mass is 487 g/mol. The molecule has 178 valence electrons. The van der Waals surface area contributed by atoms with Crippen molar-refractivity contribution in [3.8, 4) is 11.5 Å². The molecular weight excluding hydrogens is 462 g/mol. The van der Waals surface area contributed by atoms with Crippen molar-refractivity contribution in [1.82, 2.24) is 15.1 Å². The van der Waals surface area contributed by atoms with Crippen LogP contribution in [-0.2, 0) is 9.59 Å². The Morgan fingerprint density at radius 3 is 2.43 bits per heavy atom. The van der Waals surface area contributed by atoms with Gasteiger partial charge in [-0.3, -0.25) is 9.59 Å². The first-order valence-corrected chi connectivity index (χ1v) is 12.4. The molecule has 4 aromatic rings. The van der Waals surface area contributed by atoms with Crippen LogP contribution in [0.5, 0.6) is 0 Å². The maximum absolute atomic E-state index is 12.4. The average Bonchev–Trinajstić information content (AvgIpc) is 3.37. The molecule has 2 heterocycles. The molecule has 0 saturated carbocycles. The molecule has 1 aromatic heterocycles. The van der Waals surface area contributed by atoms with Crippen molar-refractivity contribution in [2.24, 2.45) is 0 Å². The highest BCUT2D eigenvalue weighted by Crippen LogP contribution is 2.26. The number of anilines is 2. The van der Waals surface area contributed by atoms with Crippen molar-refractivity contribution in [2.45, 2.75) is 12.1 Å². The molecule has 0 atom stereocenters. The zero-order valence-electron chi connectivity index (χ0n) is 19.3. The molecule has 0 aliphatic carbocycles. The fraction of sp³-hybridized carbons (Fsp3) is 0.231. The normalized spacial score (nSPS) is 13.7. The van der Waals surface area contributed by atoms with Gasteiger partial charge < -0.3 is 19.5 Å². The number of piperazine rings is 1. The second-order valence-electron chi connectivity index (χ2n) is 8.31. The molecule has 1 aliphatic heterocycles. The van der Waals surface area contributed by atoms with Gasteiger partial charge in [-0.05, 0) is 47.2 Å². The third kappa shape index (κ3) is 5.46. The Bertz CT molecular complexity index is 1350. The number of hydrogen-bond donors (Lipinski definition) is 1. The number of carbonyl (C=O) groups excluding carboxylic acids is 2. The Morgan fingerprint density at radius 2 is 1.69 bits per heavy atom. The van der Waals surface area contributed by atoms with Crippen LogP contribution in [0.1, 0.15) is 6.92 Å². The van der Waals surface area contributed by atoms with Crippen LogP contribution >= 0.6 is 11.8 Å². The topological polar surface area (TPSA) is 91.6 Å². The van der Waals surface area contributed by atoms with E-state index in [1.807, 2.05) is 65.6 Å². The summed E-state index contributed by atoms with van der Waals surface area (Å²) in [7, 11) is 0. The molecule has 5 rings (SSSR count). The van der Waals surface area contributed by atoms with Gasteiger partial charge in [-0.25, -0.2) is 0 Å². The molecule has 1 aliphatic rings. The number of amides is 2. The van der Waals surface area contributed by atoms with Crippen LogP contribution in [0, 0.1) is 0 Å². The molecule has 0 spiro atoms. The lowest BCUT2D eigenvalue weighted by Crippen LogP contribution is -2.48. The maximum Gasteiger partial charge on any atom is 0.277 e. The van der Waals surface area contributed by atoms with E-state index in [0.717, 1.165) is 53.9 Å². The summed E-state index contributed by atoms with van der Waals surface area (Å²) in [4.78, 5) is 28.0. The number of fused-ring (bicyclic) bond motifs is 1. The summed E-state index contributed by atoms with van der Waals surface area (Å²) < 4.78 is 5.76. The summed E-state index contributed by atoms with van der Waals surface area (Å²) in [6.07, 6.45) is 0. The number of nitrogens with one attached hydrogen (secondary N) is 1. The summed E-state index contributed by atoms with van der Waals surface area (Å²) in [6, 6.07) is 21.8. The molecule has 0 radical (unpaired) electrons. The standard InChI is InChI=1S/C26H25N5O3S/c1-18(32)30-12-14-31(15-13-30)23-10-8-22(9-11-23)27-24(33)17-35-26-29-28-25(34-26)21-7-6-19-4-2-3-5-20(19)16-21/h2-11,16H,12-15,17H2,1H3,(H,27,33). The highest BCUT2D eigenvalue weighted by Gasteiger charge is 2.19. The molecule has 0 unspecified atom stereocenters. The van der Waals surface area contributed by atoms with E-state index in [4.69, 9.17) is 4.42 Å². The van der Waals surface area contributed by atoms with E-state index in [1.54, 1.807) is 6.92 Å². The molecule has 8 nitrogen and oxygen atoms in total. The van der Waals surface area contributed by atoms with Crippen LogP contribution in [0.2, 0.25) is 0 Å². The summed E-state index contributed by atoms with van der Waals surface area (Å²) in [5, 5.41) is 13.7. The van der Waals surface area contributed by atoms with Crippen molar-refractivity contribution < 1.29 is 14.0 Å². The summed E-state index contributed by atoms with van der Waals surface area (Å²) in [6.45, 7) is 4.65. The second-order valence-corrected chi connectivity index (χ2v) is 9.24. The van der Waals surface area contributed by atoms with Crippen LogP contribution in [-0.4, -0.2) is 58.8 Å². The molecule has 2 amide bonds. The lowest BCUT2D eigenvalue weighted by atomic mass is 10.1. The van der Waals surface area contributed by atoms with Crippen LogP contribution in [0.4, 0.5) is 11.4 Å². The smallest absolute Gasteiger partial charge is 0.277 e. The SMILES string of the molecule is CC(=O)N1CCN(c2ccc(NC(=O)CSc3nnc(-c4ccc5ccccc5c4)o3)cc2)CC1. The summed E-state index contributed by atoms with van der Waals surface area (Å²) in [5.74, 6) is 0.557. The molecule has 3 aromatic carbocycles. The summed E-state index contributed by atoms with van der Waals surface area (Å²) in [5.41, 5.74) is 2.65. The first-order chi connectivity index (χ1) is 17.0. The highest BCUT2D eigenvalue weighted by atomic mass is 32.2. The van der Waals surface area contributed by atoms with E-state index in [9.17, 15) is 9.59 Å². The molecule has 35 heavy (non-hydrogen) atoms. The number of nitrogens with zero attached hydrogens (tertiary/aromatic N) is 4. The lowest BCUT2D eigenvalue weighted by molar-refractivity contribution is -0.129. The van der Waals surface area contributed by atoms with Gasteiger partial charge in [0.1, 0.15) is 0 Å². The minimum absolute atomic E-state index is 0.117. The van der Waals surface area contributed by atoms with Gasteiger partial charge in [0.2, 0.25) is 17.7 Å². The lowest BCUT2D eigenvalue weighted by Gasteiger charge is -2.35. The van der Waals surface area contributed by atoms with Gasteiger partial charge in [0, 0.05) is 50.0 Å². The summed E-state index contributed by atoms with van der Waals surface area (Å²) >= 11 is 1.20. The number of rotatable bonds is 6. The molecule has 9 heteroatoms. The van der Waals surface area contributed by atoms with Crippen LogP contribution in [0.3, 0.4) is 0 Å². The van der Waals surface area contributed by atoms with Crippen molar-refractivity contribution >= 4 is 45.7 Å². The molecule has 0 bridgehead atoms. The van der Waals surface area contributed by atoms with Gasteiger partial charge in [-0.15, -0.1) is 10.2 Å². The van der Waals surface area contributed by atoms with E-state index in [-0.39, 0.29) is 17.6 Å². The quantitative estimate of drug-likeness (QED) is 0.406. The third-order valence-electron chi connectivity index (χ3n) is 5.97. The second kappa shape index (κ2) is 10.2. The van der Waals surface area contributed by atoms with Crippen molar-refractivity contribution in [1.29, 1.82) is 0 Å².